The molecule has 2 aromatic carbocycles. The standard InChI is InChI=1S/C30H38N4O3S/c1-5-23-24-8-6-9-26(33-22-13-16-34(17-14-22)19-20(2)35)29(24)38-28(23)10-7-15-32-25-12-11-21(30(36)31-3)18-27(25)37-4/h6,8-9,11-12,18,20,22,32-33,35H,5,13-17,19H2,1-4H3,(H,31,36). The Bertz CT molecular complexity index is 1320. The molecule has 0 aliphatic carbocycles. The molecule has 1 aliphatic heterocycles. The van der Waals surface area contributed by atoms with E-state index in [1.165, 1.54) is 21.3 Å². The van der Waals surface area contributed by atoms with Gasteiger partial charge in [0.25, 0.3) is 5.91 Å². The summed E-state index contributed by atoms with van der Waals surface area (Å²) in [6, 6.07) is 12.3. The molecule has 1 atom stereocenters. The zero-order chi connectivity index (χ0) is 27.1. The molecule has 38 heavy (non-hydrogen) atoms. The molecule has 7 nitrogen and oxygen atoms in total. The van der Waals surface area contributed by atoms with Gasteiger partial charge in [0.05, 0.1) is 40.7 Å². The van der Waals surface area contributed by atoms with Crippen molar-refractivity contribution in [3.05, 3.63) is 52.4 Å². The van der Waals surface area contributed by atoms with Crippen LogP contribution in [0.1, 0.15) is 47.5 Å². The summed E-state index contributed by atoms with van der Waals surface area (Å²) in [5, 5.41) is 20.7. The Labute approximate surface area is 229 Å². The van der Waals surface area contributed by atoms with E-state index in [0.29, 0.717) is 23.9 Å². The van der Waals surface area contributed by atoms with Crippen LogP contribution in [0.4, 0.5) is 11.4 Å². The molecule has 1 amide bonds. The van der Waals surface area contributed by atoms with Gasteiger partial charge in [-0.1, -0.05) is 30.9 Å². The quantitative estimate of drug-likeness (QED) is 0.302. The first-order valence-corrected chi connectivity index (χ1v) is 14.1. The number of carbonyl (C=O) groups is 1. The first kappa shape index (κ1) is 27.8. The van der Waals surface area contributed by atoms with E-state index in [4.69, 9.17) is 4.74 Å². The molecule has 4 rings (SSSR count). The number of anilines is 2. The number of ether oxygens (including phenoxy) is 1. The molecular weight excluding hydrogens is 496 g/mol. The van der Waals surface area contributed by atoms with E-state index in [-0.39, 0.29) is 12.0 Å². The van der Waals surface area contributed by atoms with Crippen molar-refractivity contribution in [2.24, 2.45) is 0 Å². The van der Waals surface area contributed by atoms with Gasteiger partial charge in [-0.2, -0.15) is 0 Å². The first-order valence-electron chi connectivity index (χ1n) is 13.3. The smallest absolute Gasteiger partial charge is 0.251 e. The number of thiophene rings is 1. The van der Waals surface area contributed by atoms with Gasteiger partial charge < -0.3 is 30.7 Å². The minimum Gasteiger partial charge on any atom is -0.495 e. The molecule has 2 heterocycles. The fourth-order valence-corrected chi connectivity index (χ4v) is 6.22. The van der Waals surface area contributed by atoms with Gasteiger partial charge in [-0.3, -0.25) is 4.79 Å². The predicted octanol–water partition coefficient (Wildman–Crippen LogP) is 4.55. The normalized spacial score (nSPS) is 15.0. The first-order chi connectivity index (χ1) is 18.4. The van der Waals surface area contributed by atoms with Crippen LogP contribution in [-0.4, -0.2) is 68.4 Å². The average molecular weight is 535 g/mol. The molecule has 8 heteroatoms. The van der Waals surface area contributed by atoms with Crippen LogP contribution >= 0.6 is 11.3 Å². The number of hydrogen-bond acceptors (Lipinski definition) is 7. The molecule has 3 aromatic rings. The van der Waals surface area contributed by atoms with Gasteiger partial charge in [-0.25, -0.2) is 0 Å². The Hall–Kier alpha value is -3.25. The maximum Gasteiger partial charge on any atom is 0.251 e. The van der Waals surface area contributed by atoms with Crippen molar-refractivity contribution in [3.63, 3.8) is 0 Å². The Morgan fingerprint density at radius 1 is 1.24 bits per heavy atom. The maximum atomic E-state index is 11.9. The highest BCUT2D eigenvalue weighted by atomic mass is 32.1. The monoisotopic (exact) mass is 534 g/mol. The lowest BCUT2D eigenvalue weighted by atomic mass is 10.0. The summed E-state index contributed by atoms with van der Waals surface area (Å²) < 4.78 is 6.72. The summed E-state index contributed by atoms with van der Waals surface area (Å²) in [6.07, 6.45) is 2.79. The number of aryl methyl sites for hydroxylation is 1. The van der Waals surface area contributed by atoms with E-state index >= 15 is 0 Å². The van der Waals surface area contributed by atoms with Gasteiger partial charge in [-0.05, 0) is 61.4 Å². The molecule has 1 aromatic heterocycles. The number of nitrogens with one attached hydrogen (secondary N) is 3. The van der Waals surface area contributed by atoms with Crippen molar-refractivity contribution in [1.82, 2.24) is 10.2 Å². The summed E-state index contributed by atoms with van der Waals surface area (Å²) in [6.45, 7) is 7.26. The van der Waals surface area contributed by atoms with Gasteiger partial charge in [0.15, 0.2) is 0 Å². The molecule has 0 spiro atoms. The molecule has 1 unspecified atom stereocenters. The maximum absolute atomic E-state index is 11.9. The second kappa shape index (κ2) is 13.0. The van der Waals surface area contributed by atoms with Gasteiger partial charge in [0.2, 0.25) is 0 Å². The van der Waals surface area contributed by atoms with Crippen LogP contribution in [0.5, 0.6) is 5.75 Å². The van der Waals surface area contributed by atoms with Crippen molar-refractivity contribution in [2.45, 2.75) is 45.3 Å². The third-order valence-electron chi connectivity index (χ3n) is 6.90. The van der Waals surface area contributed by atoms with Gasteiger partial charge in [0, 0.05) is 38.3 Å². The molecule has 0 bridgehead atoms. The number of aliphatic hydroxyl groups is 1. The number of nitrogens with zero attached hydrogens (tertiary/aromatic N) is 1. The molecule has 1 saturated heterocycles. The van der Waals surface area contributed by atoms with E-state index in [1.54, 1.807) is 37.6 Å². The lowest BCUT2D eigenvalue weighted by Gasteiger charge is -2.33. The SMILES string of the molecule is CCc1c(C#CCNc2ccc(C(=O)NC)cc2OC)sc2c(NC3CCN(CC(C)O)CC3)cccc12. The molecule has 1 aliphatic rings. The average Bonchev–Trinajstić information content (AvgIpc) is 3.29. The second-order valence-corrected chi connectivity index (χ2v) is 10.7. The van der Waals surface area contributed by atoms with Crippen LogP contribution < -0.4 is 20.7 Å². The summed E-state index contributed by atoms with van der Waals surface area (Å²) >= 11 is 1.76. The predicted molar refractivity (Wildman–Crippen MR) is 158 cm³/mol. The summed E-state index contributed by atoms with van der Waals surface area (Å²) in [5.74, 6) is 7.13. The van der Waals surface area contributed by atoms with Crippen molar-refractivity contribution in [1.29, 1.82) is 0 Å². The number of β-amino-alcohol motifs (C(OH)–C–C–N with tert-alkyl or cyclic N) is 1. The third kappa shape index (κ3) is 6.60. The third-order valence-corrected chi connectivity index (χ3v) is 8.10. The molecule has 1 fully saturated rings. The molecular formula is C30H38N4O3S. The van der Waals surface area contributed by atoms with Crippen molar-refractivity contribution in [2.75, 3.05) is 51.0 Å². The number of hydrogen-bond donors (Lipinski definition) is 4. The van der Waals surface area contributed by atoms with E-state index in [2.05, 4.69) is 57.8 Å². The van der Waals surface area contributed by atoms with Gasteiger partial charge >= 0.3 is 0 Å². The summed E-state index contributed by atoms with van der Waals surface area (Å²) in [7, 11) is 3.20. The van der Waals surface area contributed by atoms with Crippen LogP contribution in [0.3, 0.4) is 0 Å². The minimum absolute atomic E-state index is 0.151. The largest absolute Gasteiger partial charge is 0.495 e. The van der Waals surface area contributed by atoms with Gasteiger partial charge in [0.1, 0.15) is 5.75 Å². The van der Waals surface area contributed by atoms with Crippen LogP contribution in [0.15, 0.2) is 36.4 Å². The Morgan fingerprint density at radius 3 is 2.71 bits per heavy atom. The van der Waals surface area contributed by atoms with E-state index < -0.39 is 0 Å². The lowest BCUT2D eigenvalue weighted by molar-refractivity contribution is 0.0962. The van der Waals surface area contributed by atoms with Crippen LogP contribution in [0.25, 0.3) is 10.1 Å². The second-order valence-electron chi connectivity index (χ2n) is 9.66. The molecule has 4 N–H and O–H groups in total. The molecule has 202 valence electrons. The number of carbonyl (C=O) groups excluding carboxylic acids is 1. The van der Waals surface area contributed by atoms with E-state index in [0.717, 1.165) is 49.5 Å². The highest BCUT2D eigenvalue weighted by molar-refractivity contribution is 7.20. The summed E-state index contributed by atoms with van der Waals surface area (Å²) in [4.78, 5) is 15.4. The Morgan fingerprint density at radius 2 is 2.03 bits per heavy atom. The lowest BCUT2D eigenvalue weighted by Crippen LogP contribution is -2.41. The topological polar surface area (TPSA) is 85.9 Å². The van der Waals surface area contributed by atoms with Crippen LogP contribution in [0.2, 0.25) is 0 Å². The number of aliphatic hydroxyl groups excluding tert-OH is 1. The highest BCUT2D eigenvalue weighted by Gasteiger charge is 2.21. The van der Waals surface area contributed by atoms with Crippen molar-refractivity contribution in [3.8, 4) is 17.6 Å². The number of methoxy groups -OCH3 is 1. The minimum atomic E-state index is -0.279. The number of benzene rings is 2. The number of rotatable bonds is 9. The Kier molecular flexibility index (Phi) is 9.51. The number of piperidine rings is 1. The molecule has 0 saturated carbocycles. The molecule has 0 radical (unpaired) electrons. The van der Waals surface area contributed by atoms with Crippen molar-refractivity contribution >= 4 is 38.7 Å². The number of likely N-dealkylation sites (tertiary alicyclic amines) is 1. The zero-order valence-electron chi connectivity index (χ0n) is 22.7. The zero-order valence-corrected chi connectivity index (χ0v) is 23.5. The fourth-order valence-electron chi connectivity index (χ4n) is 4.98. The van der Waals surface area contributed by atoms with E-state index in [9.17, 15) is 9.90 Å². The number of amides is 1. The highest BCUT2D eigenvalue weighted by Crippen LogP contribution is 2.37. The van der Waals surface area contributed by atoms with Crippen LogP contribution in [-0.2, 0) is 6.42 Å². The van der Waals surface area contributed by atoms with E-state index in [1.807, 2.05) is 13.0 Å². The summed E-state index contributed by atoms with van der Waals surface area (Å²) in [5.41, 5.74) is 3.82. The number of fused-ring (bicyclic) bond motifs is 1. The van der Waals surface area contributed by atoms with Crippen molar-refractivity contribution < 1.29 is 14.6 Å². The Balaban J connectivity index is 1.46. The van der Waals surface area contributed by atoms with Crippen LogP contribution in [0, 0.1) is 11.8 Å². The van der Waals surface area contributed by atoms with Gasteiger partial charge in [-0.15, -0.1) is 11.3 Å². The fraction of sp³-hybridized carbons (Fsp3) is 0.433.